The van der Waals surface area contributed by atoms with Crippen molar-refractivity contribution < 1.29 is 0 Å². The topological polar surface area (TPSA) is 49.8 Å². The van der Waals surface area contributed by atoms with Crippen molar-refractivity contribution in [3.8, 4) is 0 Å². The Kier molecular flexibility index (Phi) is 3.16. The summed E-state index contributed by atoms with van der Waals surface area (Å²) in [6, 6.07) is 0. The van der Waals surface area contributed by atoms with E-state index < -0.39 is 0 Å². The van der Waals surface area contributed by atoms with E-state index >= 15 is 0 Å². The van der Waals surface area contributed by atoms with Crippen LogP contribution in [-0.4, -0.2) is 23.1 Å². The number of fused-ring (bicyclic) bond motifs is 1. The largest absolute Gasteiger partial charge is 0.369 e. The van der Waals surface area contributed by atoms with Crippen molar-refractivity contribution in [3.63, 3.8) is 0 Å². The highest BCUT2D eigenvalue weighted by Gasteiger charge is 2.14. The van der Waals surface area contributed by atoms with Crippen LogP contribution in [0.5, 0.6) is 0 Å². The summed E-state index contributed by atoms with van der Waals surface area (Å²) >= 11 is 0. The van der Waals surface area contributed by atoms with E-state index in [9.17, 15) is 0 Å². The first-order valence-electron chi connectivity index (χ1n) is 5.54. The van der Waals surface area contributed by atoms with Gasteiger partial charge in [0.2, 0.25) is 0 Å². The normalized spacial score (nSPS) is 15.1. The summed E-state index contributed by atoms with van der Waals surface area (Å²) in [5, 5.41) is 6.73. The van der Waals surface area contributed by atoms with E-state index in [1.54, 1.807) is 6.33 Å². The van der Waals surface area contributed by atoms with Gasteiger partial charge in [-0.25, -0.2) is 9.97 Å². The second kappa shape index (κ2) is 4.57. The molecule has 2 heterocycles. The number of hydrogen-bond donors (Lipinski definition) is 2. The lowest BCUT2D eigenvalue weighted by Crippen LogP contribution is -2.26. The molecule has 4 nitrogen and oxygen atoms in total. The van der Waals surface area contributed by atoms with E-state index in [1.807, 2.05) is 0 Å². The van der Waals surface area contributed by atoms with Gasteiger partial charge in [0.25, 0.3) is 0 Å². The van der Waals surface area contributed by atoms with Crippen molar-refractivity contribution >= 4 is 5.82 Å². The van der Waals surface area contributed by atoms with E-state index in [0.29, 0.717) is 5.92 Å². The summed E-state index contributed by atoms with van der Waals surface area (Å²) in [7, 11) is 0. The van der Waals surface area contributed by atoms with Crippen LogP contribution in [0.25, 0.3) is 0 Å². The minimum absolute atomic E-state index is 0.632. The van der Waals surface area contributed by atoms with Gasteiger partial charge in [0.15, 0.2) is 0 Å². The Labute approximate surface area is 90.5 Å². The minimum Gasteiger partial charge on any atom is -0.369 e. The first kappa shape index (κ1) is 10.4. The Balaban J connectivity index is 2.16. The highest BCUT2D eigenvalue weighted by atomic mass is 15.0. The fraction of sp³-hybridized carbons (Fsp3) is 0.636. The lowest BCUT2D eigenvalue weighted by Gasteiger charge is -2.19. The van der Waals surface area contributed by atoms with Gasteiger partial charge in [-0.15, -0.1) is 0 Å². The van der Waals surface area contributed by atoms with Gasteiger partial charge in [-0.05, 0) is 5.92 Å². The van der Waals surface area contributed by atoms with Crippen LogP contribution in [0.1, 0.15) is 25.1 Å². The molecule has 0 fully saturated rings. The predicted octanol–water partition coefficient (Wildman–Crippen LogP) is 1.19. The highest BCUT2D eigenvalue weighted by Crippen LogP contribution is 2.18. The van der Waals surface area contributed by atoms with Crippen LogP contribution in [0, 0.1) is 5.92 Å². The molecular weight excluding hydrogens is 188 g/mol. The van der Waals surface area contributed by atoms with Crippen LogP contribution in [0.15, 0.2) is 6.33 Å². The average molecular weight is 206 g/mol. The van der Waals surface area contributed by atoms with Crippen LogP contribution >= 0.6 is 0 Å². The van der Waals surface area contributed by atoms with Crippen molar-refractivity contribution in [1.82, 2.24) is 15.3 Å². The molecule has 0 amide bonds. The molecular formula is C11H18N4. The third-order valence-corrected chi connectivity index (χ3v) is 2.55. The lowest BCUT2D eigenvalue weighted by atomic mass is 10.1. The Morgan fingerprint density at radius 1 is 1.47 bits per heavy atom. The van der Waals surface area contributed by atoms with E-state index in [2.05, 4.69) is 34.4 Å². The number of aromatic nitrogens is 2. The summed E-state index contributed by atoms with van der Waals surface area (Å²) in [4.78, 5) is 8.62. The molecule has 0 aromatic carbocycles. The maximum Gasteiger partial charge on any atom is 0.134 e. The van der Waals surface area contributed by atoms with E-state index in [-0.39, 0.29) is 0 Å². The molecule has 82 valence electrons. The van der Waals surface area contributed by atoms with Crippen LogP contribution in [0.4, 0.5) is 5.82 Å². The Morgan fingerprint density at radius 2 is 2.33 bits per heavy atom. The molecule has 0 saturated carbocycles. The summed E-state index contributed by atoms with van der Waals surface area (Å²) in [6.45, 7) is 7.26. The van der Waals surface area contributed by atoms with E-state index in [1.165, 1.54) is 11.3 Å². The molecule has 0 atom stereocenters. The quantitative estimate of drug-likeness (QED) is 0.780. The Bertz CT molecular complexity index is 335. The number of hydrogen-bond acceptors (Lipinski definition) is 4. The van der Waals surface area contributed by atoms with Gasteiger partial charge >= 0.3 is 0 Å². The molecule has 1 aromatic rings. The van der Waals surface area contributed by atoms with Gasteiger partial charge < -0.3 is 10.6 Å². The van der Waals surface area contributed by atoms with Crippen LogP contribution in [0.3, 0.4) is 0 Å². The summed E-state index contributed by atoms with van der Waals surface area (Å²) < 4.78 is 0. The molecule has 2 rings (SSSR count). The number of anilines is 1. The summed E-state index contributed by atoms with van der Waals surface area (Å²) in [5.74, 6) is 1.63. The summed E-state index contributed by atoms with van der Waals surface area (Å²) in [5.41, 5.74) is 2.43. The molecule has 15 heavy (non-hydrogen) atoms. The molecule has 0 bridgehead atoms. The molecule has 1 aliphatic rings. The van der Waals surface area contributed by atoms with Crippen molar-refractivity contribution in [2.45, 2.75) is 26.8 Å². The zero-order chi connectivity index (χ0) is 10.7. The molecule has 0 saturated heterocycles. The molecule has 0 radical (unpaired) electrons. The van der Waals surface area contributed by atoms with Crippen LogP contribution in [0.2, 0.25) is 0 Å². The maximum absolute atomic E-state index is 4.32. The Hall–Kier alpha value is -1.16. The fourth-order valence-electron chi connectivity index (χ4n) is 1.72. The van der Waals surface area contributed by atoms with Crippen molar-refractivity contribution in [1.29, 1.82) is 0 Å². The molecule has 0 spiro atoms. The third-order valence-electron chi connectivity index (χ3n) is 2.55. The minimum atomic E-state index is 0.632. The Morgan fingerprint density at radius 3 is 3.13 bits per heavy atom. The predicted molar refractivity (Wildman–Crippen MR) is 60.8 cm³/mol. The second-order valence-corrected chi connectivity index (χ2v) is 4.35. The van der Waals surface area contributed by atoms with Gasteiger partial charge in [-0.3, -0.25) is 0 Å². The number of nitrogens with zero attached hydrogens (tertiary/aromatic N) is 2. The number of rotatable bonds is 3. The number of nitrogens with one attached hydrogen (secondary N) is 2. The monoisotopic (exact) mass is 206 g/mol. The maximum atomic E-state index is 4.32. The van der Waals surface area contributed by atoms with Crippen molar-refractivity contribution in [2.24, 2.45) is 5.92 Å². The molecule has 0 aliphatic carbocycles. The average Bonchev–Trinajstić information content (AvgIpc) is 2.26. The van der Waals surface area contributed by atoms with Gasteiger partial charge in [0.1, 0.15) is 12.1 Å². The van der Waals surface area contributed by atoms with Crippen molar-refractivity contribution in [3.05, 3.63) is 17.6 Å². The third kappa shape index (κ3) is 2.45. The fourth-order valence-corrected chi connectivity index (χ4v) is 1.72. The molecule has 1 aliphatic heterocycles. The van der Waals surface area contributed by atoms with E-state index in [0.717, 1.165) is 31.9 Å². The van der Waals surface area contributed by atoms with Gasteiger partial charge in [-0.2, -0.15) is 0 Å². The first-order chi connectivity index (χ1) is 7.27. The van der Waals surface area contributed by atoms with Gasteiger partial charge in [0.05, 0.1) is 5.69 Å². The molecule has 1 aromatic heterocycles. The van der Waals surface area contributed by atoms with Gasteiger partial charge in [0, 0.05) is 31.6 Å². The zero-order valence-corrected chi connectivity index (χ0v) is 9.38. The molecule has 2 N–H and O–H groups in total. The van der Waals surface area contributed by atoms with Gasteiger partial charge in [-0.1, -0.05) is 13.8 Å². The first-order valence-corrected chi connectivity index (χ1v) is 5.54. The second-order valence-electron chi connectivity index (χ2n) is 4.35. The van der Waals surface area contributed by atoms with Crippen molar-refractivity contribution in [2.75, 3.05) is 18.4 Å². The smallest absolute Gasteiger partial charge is 0.134 e. The summed E-state index contributed by atoms with van der Waals surface area (Å²) in [6.07, 6.45) is 2.67. The van der Waals surface area contributed by atoms with Crippen LogP contribution in [-0.2, 0) is 13.0 Å². The van der Waals surface area contributed by atoms with Crippen LogP contribution < -0.4 is 10.6 Å². The zero-order valence-electron chi connectivity index (χ0n) is 9.38. The van der Waals surface area contributed by atoms with E-state index in [4.69, 9.17) is 0 Å². The molecule has 4 heteroatoms. The SMILES string of the molecule is CC(C)CNc1ncnc2c1CNCC2. The highest BCUT2D eigenvalue weighted by molar-refractivity contribution is 5.46. The standard InChI is InChI=1S/C11H18N4/c1-8(2)5-13-11-9-6-12-4-3-10(9)14-7-15-11/h7-8,12H,3-6H2,1-2H3,(H,13,14,15). The molecule has 0 unspecified atom stereocenters. The lowest BCUT2D eigenvalue weighted by molar-refractivity contribution is 0.623.